The van der Waals surface area contributed by atoms with E-state index < -0.39 is 0 Å². The zero-order valence-corrected chi connectivity index (χ0v) is 16.4. The first-order valence-electron chi connectivity index (χ1n) is 9.95. The van der Waals surface area contributed by atoms with E-state index in [0.29, 0.717) is 18.7 Å². The van der Waals surface area contributed by atoms with Crippen molar-refractivity contribution in [2.24, 2.45) is 0 Å². The number of phenolic OH excluding ortho intramolecular Hbond substituents is 1. The molecule has 0 unspecified atom stereocenters. The lowest BCUT2D eigenvalue weighted by Gasteiger charge is -2.08. The molecule has 4 heteroatoms. The Morgan fingerprint density at radius 1 is 1.08 bits per heavy atom. The molecule has 2 N–H and O–H groups in total. The highest BCUT2D eigenvalue weighted by Crippen LogP contribution is 2.26. The molecule has 0 radical (unpaired) electrons. The number of ether oxygens (including phenoxy) is 1. The highest BCUT2D eigenvalue weighted by molar-refractivity contribution is 5.75. The molecule has 0 saturated carbocycles. The molecular formula is C22H35NO3. The topological polar surface area (TPSA) is 58.6 Å². The average molecular weight is 362 g/mol. The zero-order chi connectivity index (χ0) is 19.0. The number of methoxy groups -OCH3 is 1. The minimum Gasteiger partial charge on any atom is -0.504 e. The van der Waals surface area contributed by atoms with E-state index in [2.05, 4.69) is 24.4 Å². The van der Waals surface area contributed by atoms with Crippen molar-refractivity contribution in [3.8, 4) is 11.5 Å². The molecule has 146 valence electrons. The van der Waals surface area contributed by atoms with Gasteiger partial charge in [0.2, 0.25) is 5.91 Å². The summed E-state index contributed by atoms with van der Waals surface area (Å²) in [6, 6.07) is 5.11. The van der Waals surface area contributed by atoms with Crippen molar-refractivity contribution in [2.75, 3.05) is 7.11 Å². The van der Waals surface area contributed by atoms with Gasteiger partial charge in [0.25, 0.3) is 0 Å². The van der Waals surface area contributed by atoms with Crippen LogP contribution < -0.4 is 10.1 Å². The molecule has 0 spiro atoms. The highest BCUT2D eigenvalue weighted by atomic mass is 16.5. The number of benzene rings is 1. The number of amides is 1. The van der Waals surface area contributed by atoms with Crippen molar-refractivity contribution in [3.05, 3.63) is 35.9 Å². The number of carbonyl (C=O) groups is 1. The third-order valence-corrected chi connectivity index (χ3v) is 4.40. The Morgan fingerprint density at radius 2 is 1.77 bits per heavy atom. The second-order valence-electron chi connectivity index (χ2n) is 6.70. The molecule has 1 aromatic carbocycles. The molecule has 1 amide bonds. The number of rotatable bonds is 14. The predicted octanol–water partition coefficient (Wildman–Crippen LogP) is 5.49. The summed E-state index contributed by atoms with van der Waals surface area (Å²) < 4.78 is 5.07. The van der Waals surface area contributed by atoms with E-state index >= 15 is 0 Å². The maximum Gasteiger partial charge on any atom is 0.220 e. The Hall–Kier alpha value is -1.97. The molecule has 4 nitrogen and oxygen atoms in total. The molecule has 0 aromatic heterocycles. The van der Waals surface area contributed by atoms with Crippen LogP contribution >= 0.6 is 0 Å². The quantitative estimate of drug-likeness (QED) is 0.340. The maximum absolute atomic E-state index is 11.9. The first-order valence-corrected chi connectivity index (χ1v) is 9.95. The standard InChI is InChI=1S/C22H35NO3/c1-3-4-5-6-7-8-9-10-11-12-13-14-22(25)23-18-19-15-16-20(24)21(17-19)26-2/h6-7,15-17,24H,3-5,8-14,18H2,1-2H3,(H,23,25)/b7-6-. The van der Waals surface area contributed by atoms with E-state index in [9.17, 15) is 9.90 Å². The van der Waals surface area contributed by atoms with Crippen molar-refractivity contribution in [1.82, 2.24) is 5.32 Å². The minimum absolute atomic E-state index is 0.0795. The average Bonchev–Trinajstić information content (AvgIpc) is 2.65. The van der Waals surface area contributed by atoms with Crippen molar-refractivity contribution in [3.63, 3.8) is 0 Å². The van der Waals surface area contributed by atoms with Gasteiger partial charge in [0.1, 0.15) is 0 Å². The van der Waals surface area contributed by atoms with Crippen LogP contribution in [0.1, 0.15) is 76.7 Å². The maximum atomic E-state index is 11.9. The SMILES string of the molecule is CCCC/C=C\CCCCCCCC(=O)NCc1ccc(O)c(OC)c1. The number of nitrogens with one attached hydrogen (secondary N) is 1. The van der Waals surface area contributed by atoms with E-state index in [1.54, 1.807) is 18.2 Å². The highest BCUT2D eigenvalue weighted by Gasteiger charge is 2.05. The molecule has 0 aliphatic heterocycles. The molecule has 0 aliphatic rings. The largest absolute Gasteiger partial charge is 0.504 e. The number of unbranched alkanes of at least 4 members (excludes halogenated alkanes) is 7. The van der Waals surface area contributed by atoms with E-state index in [4.69, 9.17) is 4.74 Å². The van der Waals surface area contributed by atoms with Gasteiger partial charge in [-0.25, -0.2) is 0 Å². The molecule has 0 aliphatic carbocycles. The van der Waals surface area contributed by atoms with Gasteiger partial charge >= 0.3 is 0 Å². The third-order valence-electron chi connectivity index (χ3n) is 4.40. The molecule has 1 aromatic rings. The second-order valence-corrected chi connectivity index (χ2v) is 6.70. The molecule has 0 fully saturated rings. The van der Waals surface area contributed by atoms with Crippen LogP contribution in [0.25, 0.3) is 0 Å². The Labute approximate surface area is 158 Å². The van der Waals surface area contributed by atoms with Gasteiger partial charge < -0.3 is 15.2 Å². The van der Waals surface area contributed by atoms with Crippen LogP contribution in [0.2, 0.25) is 0 Å². The lowest BCUT2D eigenvalue weighted by atomic mass is 10.1. The van der Waals surface area contributed by atoms with Crippen LogP contribution in [0.3, 0.4) is 0 Å². The Balaban J connectivity index is 2.03. The van der Waals surface area contributed by atoms with Gasteiger partial charge in [0.05, 0.1) is 7.11 Å². The summed E-state index contributed by atoms with van der Waals surface area (Å²) in [6.07, 6.45) is 15.9. The van der Waals surface area contributed by atoms with Crippen molar-refractivity contribution in [2.45, 2.75) is 77.7 Å². The normalized spacial score (nSPS) is 11.0. The summed E-state index contributed by atoms with van der Waals surface area (Å²) in [5, 5.41) is 12.5. The number of allylic oxidation sites excluding steroid dienone is 2. The van der Waals surface area contributed by atoms with E-state index in [1.165, 1.54) is 52.1 Å². The summed E-state index contributed by atoms with van der Waals surface area (Å²) in [4.78, 5) is 11.9. The summed E-state index contributed by atoms with van der Waals surface area (Å²) in [7, 11) is 1.51. The van der Waals surface area contributed by atoms with Crippen molar-refractivity contribution >= 4 is 5.91 Å². The fourth-order valence-electron chi connectivity index (χ4n) is 2.76. The van der Waals surface area contributed by atoms with Gasteiger partial charge in [-0.05, 0) is 43.4 Å². The Kier molecular flexibility index (Phi) is 12.1. The predicted molar refractivity (Wildman–Crippen MR) is 107 cm³/mol. The minimum atomic E-state index is 0.0795. The molecule has 0 atom stereocenters. The van der Waals surface area contributed by atoms with E-state index in [-0.39, 0.29) is 11.7 Å². The van der Waals surface area contributed by atoms with Gasteiger partial charge in [-0.15, -0.1) is 0 Å². The smallest absolute Gasteiger partial charge is 0.220 e. The lowest BCUT2D eigenvalue weighted by Crippen LogP contribution is -2.22. The number of hydrogen-bond donors (Lipinski definition) is 2. The summed E-state index contributed by atoms with van der Waals surface area (Å²) in [6.45, 7) is 2.68. The van der Waals surface area contributed by atoms with Gasteiger partial charge in [0.15, 0.2) is 11.5 Å². The summed E-state index contributed by atoms with van der Waals surface area (Å²) in [5.41, 5.74) is 0.917. The van der Waals surface area contributed by atoms with Gasteiger partial charge in [0, 0.05) is 13.0 Å². The van der Waals surface area contributed by atoms with Gasteiger partial charge in [-0.1, -0.05) is 57.2 Å². The number of hydrogen-bond acceptors (Lipinski definition) is 3. The zero-order valence-electron chi connectivity index (χ0n) is 16.4. The van der Waals surface area contributed by atoms with Crippen LogP contribution in [0.5, 0.6) is 11.5 Å². The molecule has 26 heavy (non-hydrogen) atoms. The van der Waals surface area contributed by atoms with Crippen LogP contribution in [0.15, 0.2) is 30.4 Å². The molecule has 0 heterocycles. The third kappa shape index (κ3) is 10.1. The lowest BCUT2D eigenvalue weighted by molar-refractivity contribution is -0.121. The van der Waals surface area contributed by atoms with Crippen LogP contribution in [-0.2, 0) is 11.3 Å². The fourth-order valence-corrected chi connectivity index (χ4v) is 2.76. The second kappa shape index (κ2) is 14.2. The molecule has 1 rings (SSSR count). The number of phenols is 1. The van der Waals surface area contributed by atoms with Crippen LogP contribution in [-0.4, -0.2) is 18.1 Å². The first-order chi connectivity index (χ1) is 12.7. The van der Waals surface area contributed by atoms with Gasteiger partial charge in [-0.2, -0.15) is 0 Å². The Bertz CT molecular complexity index is 540. The Morgan fingerprint density at radius 3 is 2.50 bits per heavy atom. The van der Waals surface area contributed by atoms with E-state index in [0.717, 1.165) is 18.4 Å². The first kappa shape index (κ1) is 22.1. The summed E-state index contributed by atoms with van der Waals surface area (Å²) in [5.74, 6) is 0.617. The molecular weight excluding hydrogens is 326 g/mol. The van der Waals surface area contributed by atoms with Crippen LogP contribution in [0.4, 0.5) is 0 Å². The monoisotopic (exact) mass is 361 g/mol. The van der Waals surface area contributed by atoms with Gasteiger partial charge in [-0.3, -0.25) is 4.79 Å². The number of carbonyl (C=O) groups excluding carboxylic acids is 1. The van der Waals surface area contributed by atoms with E-state index in [1.807, 2.05) is 0 Å². The summed E-state index contributed by atoms with van der Waals surface area (Å²) >= 11 is 0. The fraction of sp³-hybridized carbons (Fsp3) is 0.591. The van der Waals surface area contributed by atoms with Crippen molar-refractivity contribution in [1.29, 1.82) is 0 Å². The van der Waals surface area contributed by atoms with Crippen LogP contribution in [0, 0.1) is 0 Å². The number of aromatic hydroxyl groups is 1. The molecule has 0 bridgehead atoms. The van der Waals surface area contributed by atoms with Crippen molar-refractivity contribution < 1.29 is 14.6 Å². The molecule has 0 saturated heterocycles.